The highest BCUT2D eigenvalue weighted by Gasteiger charge is 2.41. The number of aliphatic hydroxyl groups is 1. The average molecular weight is 871 g/mol. The van der Waals surface area contributed by atoms with Gasteiger partial charge in [0.1, 0.15) is 5.76 Å². The number of benzene rings is 2. The number of nitro groups is 2. The van der Waals surface area contributed by atoms with E-state index in [1.54, 1.807) is 0 Å². The fourth-order valence-electron chi connectivity index (χ4n) is 5.99. The topological polar surface area (TPSA) is 296 Å². The van der Waals surface area contributed by atoms with Crippen molar-refractivity contribution < 1.29 is 75.3 Å². The fourth-order valence-corrected chi connectivity index (χ4v) is 7.08. The second-order valence-corrected chi connectivity index (χ2v) is 14.3. The number of aliphatic hydroxyl groups excluding tert-OH is 1. The van der Waals surface area contributed by atoms with Crippen molar-refractivity contribution in [3.05, 3.63) is 103 Å². The lowest BCUT2D eigenvalue weighted by atomic mass is 9.79. The molecule has 0 unspecified atom stereocenters. The molecular formula is C38H38N4O18S. The molecule has 23 heteroatoms. The molecule has 1 N–H and O–H groups in total. The molecule has 0 saturated carbocycles. The minimum atomic E-state index is -5.28. The lowest BCUT2D eigenvalue weighted by Gasteiger charge is -2.29. The van der Waals surface area contributed by atoms with Crippen molar-refractivity contribution in [1.82, 2.24) is 4.90 Å². The Balaban J connectivity index is 1.83. The van der Waals surface area contributed by atoms with Crippen molar-refractivity contribution in [2.24, 2.45) is 0 Å². The van der Waals surface area contributed by atoms with E-state index in [0.29, 0.717) is 18.2 Å². The van der Waals surface area contributed by atoms with Gasteiger partial charge in [-0.1, -0.05) is 0 Å². The van der Waals surface area contributed by atoms with E-state index >= 15 is 0 Å². The third kappa shape index (κ3) is 11.0. The number of methoxy groups -OCH3 is 4. The predicted octanol–water partition coefficient (Wildman–Crippen LogP) is 2.80. The van der Waals surface area contributed by atoms with Crippen molar-refractivity contribution in [2.75, 3.05) is 59.5 Å². The van der Waals surface area contributed by atoms with Gasteiger partial charge >= 0.3 is 34.0 Å². The molecular weight excluding hydrogens is 832 g/mol. The maximum Gasteiger partial charge on any atom is 0.346 e. The summed E-state index contributed by atoms with van der Waals surface area (Å²) in [5.41, 5.74) is -3.37. The van der Waals surface area contributed by atoms with Crippen molar-refractivity contribution >= 4 is 68.2 Å². The van der Waals surface area contributed by atoms with Gasteiger partial charge in [-0.2, -0.15) is 8.42 Å². The Morgan fingerprint density at radius 1 is 0.705 bits per heavy atom. The number of nitro benzene ring substituents is 2. The molecule has 2 aromatic rings. The quantitative estimate of drug-likeness (QED) is 0.0499. The summed E-state index contributed by atoms with van der Waals surface area (Å²) in [6.45, 7) is -0.167. The van der Waals surface area contributed by atoms with E-state index in [4.69, 9.17) is 13.7 Å². The third-order valence-corrected chi connectivity index (χ3v) is 10.5. The van der Waals surface area contributed by atoms with Crippen LogP contribution in [0.15, 0.2) is 82.1 Å². The van der Waals surface area contributed by atoms with Crippen LogP contribution in [-0.2, 0) is 57.8 Å². The van der Waals surface area contributed by atoms with E-state index in [1.807, 2.05) is 0 Å². The van der Waals surface area contributed by atoms with Crippen LogP contribution in [0.25, 0.3) is 5.57 Å². The standard InChI is InChI=1S/C38H38N4O18S/c1-56-31(44)11-15-39(16-12-32(45)57-2)22-5-8-25(28(43)20-22)35-37(48)36(38(35)49)26-9-6-23(40(17-13-33(46)58-3)18-14-34(47)59-4)21-29(26)60-61(54,55)30-10-7-24(41(50)51)19-27(30)42(52)53/h5-10,19-21,48H,11-18H2,1-4H3/b35-25-. The summed E-state index contributed by atoms with van der Waals surface area (Å²) in [6, 6.07) is 5.20. The Kier molecular flexibility index (Phi) is 15.2. The largest absolute Gasteiger partial charge is 0.506 e. The molecule has 0 spiro atoms. The highest BCUT2D eigenvalue weighted by atomic mass is 32.2. The zero-order valence-electron chi connectivity index (χ0n) is 32.9. The average Bonchev–Trinajstić information content (AvgIpc) is 3.23. The monoisotopic (exact) mass is 870 g/mol. The van der Waals surface area contributed by atoms with E-state index in [1.165, 1.54) is 42.2 Å². The fraction of sp³-hybridized carbons (Fsp3) is 0.316. The number of nitrogens with zero attached hydrogens (tertiary/aromatic N) is 4. The van der Waals surface area contributed by atoms with Crippen LogP contribution in [0.4, 0.5) is 17.1 Å². The Morgan fingerprint density at radius 3 is 1.69 bits per heavy atom. The number of allylic oxidation sites excluding steroid dienone is 6. The molecule has 2 aliphatic rings. The summed E-state index contributed by atoms with van der Waals surface area (Å²) in [6.07, 6.45) is 3.07. The van der Waals surface area contributed by atoms with Gasteiger partial charge in [-0.05, 0) is 30.4 Å². The Labute approximate surface area is 346 Å². The maximum absolute atomic E-state index is 13.9. The lowest BCUT2D eigenvalue weighted by molar-refractivity contribution is -0.396. The van der Waals surface area contributed by atoms with E-state index in [0.717, 1.165) is 32.4 Å². The molecule has 0 amide bonds. The maximum atomic E-state index is 13.9. The number of Topliss-reactive ketones (excluding diaryl/α,β-unsaturated/α-hetero) is 1. The number of carbonyl (C=O) groups is 6. The molecule has 22 nitrogen and oxygen atoms in total. The van der Waals surface area contributed by atoms with Crippen LogP contribution in [0.2, 0.25) is 0 Å². The number of carbonyl (C=O) groups excluding carboxylic acids is 6. The van der Waals surface area contributed by atoms with E-state index in [2.05, 4.69) is 9.47 Å². The van der Waals surface area contributed by atoms with Crippen LogP contribution in [0.3, 0.4) is 0 Å². The lowest BCUT2D eigenvalue weighted by Crippen LogP contribution is -2.31. The second-order valence-electron chi connectivity index (χ2n) is 12.8. The predicted molar refractivity (Wildman–Crippen MR) is 208 cm³/mol. The highest BCUT2D eigenvalue weighted by molar-refractivity contribution is 7.87. The van der Waals surface area contributed by atoms with Crippen molar-refractivity contribution in [3.8, 4) is 5.75 Å². The number of anilines is 1. The van der Waals surface area contributed by atoms with E-state index < -0.39 is 94.3 Å². The molecule has 0 bridgehead atoms. The normalized spacial score (nSPS) is 14.7. The van der Waals surface area contributed by atoms with Gasteiger partial charge in [0.15, 0.2) is 16.4 Å². The van der Waals surface area contributed by atoms with Gasteiger partial charge in [0.2, 0.25) is 5.78 Å². The molecule has 0 fully saturated rings. The number of hydrogen-bond acceptors (Lipinski definition) is 20. The van der Waals surface area contributed by atoms with Crippen LogP contribution >= 0.6 is 0 Å². The number of rotatable bonds is 20. The number of ether oxygens (including phenoxy) is 4. The molecule has 61 heavy (non-hydrogen) atoms. The molecule has 0 atom stereocenters. The van der Waals surface area contributed by atoms with Gasteiger partial charge in [-0.3, -0.25) is 49.0 Å². The number of ketones is 2. The first-order valence-corrected chi connectivity index (χ1v) is 19.2. The summed E-state index contributed by atoms with van der Waals surface area (Å²) in [5.74, 6) is -5.63. The van der Waals surface area contributed by atoms with Crippen molar-refractivity contribution in [2.45, 2.75) is 30.6 Å². The number of hydrogen-bond donors (Lipinski definition) is 1. The van der Waals surface area contributed by atoms with Gasteiger partial charge in [0.05, 0.1) is 81.2 Å². The molecule has 0 heterocycles. The van der Waals surface area contributed by atoms with Crippen molar-refractivity contribution in [3.63, 3.8) is 0 Å². The SMILES string of the molecule is COC(=O)CCN(CCC(=O)OC)C1=CC(=O)/C(=C2\C(=O)C(c3ccc(N(CCC(=O)OC)CCC(=O)OC)cc3OS(=O)(=O)c3ccc([N+](=O)[O-])cc3[N+](=O)[O-])=C2O)C=C1. The third-order valence-electron chi connectivity index (χ3n) is 9.20. The smallest absolute Gasteiger partial charge is 0.346 e. The minimum Gasteiger partial charge on any atom is -0.506 e. The molecule has 0 aromatic heterocycles. The Bertz CT molecular complexity index is 2380. The van der Waals surface area contributed by atoms with E-state index in [9.17, 15) is 62.5 Å². The molecule has 324 valence electrons. The molecule has 0 saturated heterocycles. The van der Waals surface area contributed by atoms with Crippen molar-refractivity contribution in [1.29, 1.82) is 0 Å². The zero-order chi connectivity index (χ0) is 45.2. The van der Waals surface area contributed by atoms with Gasteiger partial charge in [0, 0.05) is 66.9 Å². The first-order valence-electron chi connectivity index (χ1n) is 17.8. The summed E-state index contributed by atoms with van der Waals surface area (Å²) in [4.78, 5) is 98.0. The Morgan fingerprint density at radius 2 is 1.23 bits per heavy atom. The number of esters is 4. The zero-order valence-corrected chi connectivity index (χ0v) is 33.8. The summed E-state index contributed by atoms with van der Waals surface area (Å²) in [5, 5.41) is 34.6. The molecule has 2 aliphatic carbocycles. The van der Waals surface area contributed by atoms with Gasteiger partial charge in [-0.15, -0.1) is 0 Å². The summed E-state index contributed by atoms with van der Waals surface area (Å²) >= 11 is 0. The van der Waals surface area contributed by atoms with Crippen LogP contribution in [0.1, 0.15) is 31.2 Å². The van der Waals surface area contributed by atoms with E-state index in [-0.39, 0.29) is 74.4 Å². The molecule has 4 rings (SSSR count). The van der Waals surface area contributed by atoms with Gasteiger partial charge in [-0.25, -0.2) is 0 Å². The van der Waals surface area contributed by atoms with Crippen LogP contribution < -0.4 is 9.08 Å². The highest BCUT2D eigenvalue weighted by Crippen LogP contribution is 2.44. The van der Waals surface area contributed by atoms with Gasteiger partial charge < -0.3 is 38.0 Å². The summed E-state index contributed by atoms with van der Waals surface area (Å²) < 4.78 is 51.7. The van der Waals surface area contributed by atoms with Crippen LogP contribution in [-0.4, -0.2) is 118 Å². The van der Waals surface area contributed by atoms with Crippen LogP contribution in [0, 0.1) is 20.2 Å². The number of non-ortho nitro benzene ring substituents is 1. The Hall–Kier alpha value is -7.43. The molecule has 0 aliphatic heterocycles. The molecule has 2 aromatic carbocycles. The molecule has 0 radical (unpaired) electrons. The first kappa shape index (κ1) is 46.3. The summed E-state index contributed by atoms with van der Waals surface area (Å²) in [7, 11) is -0.614. The first-order chi connectivity index (χ1) is 28.9. The van der Waals surface area contributed by atoms with Crippen LogP contribution in [0.5, 0.6) is 5.75 Å². The minimum absolute atomic E-state index is 0.0285. The van der Waals surface area contributed by atoms with Gasteiger partial charge in [0.25, 0.3) is 11.4 Å². The second kappa shape index (κ2) is 20.0.